The Morgan fingerprint density at radius 3 is 2.38 bits per heavy atom. The van der Waals surface area contributed by atoms with Crippen molar-refractivity contribution in [3.05, 3.63) is 47.6 Å². The lowest BCUT2D eigenvalue weighted by Crippen LogP contribution is -2.13. The maximum absolute atomic E-state index is 4.33. The van der Waals surface area contributed by atoms with E-state index in [9.17, 15) is 0 Å². The van der Waals surface area contributed by atoms with Crippen LogP contribution in [-0.4, -0.2) is 12.8 Å². The lowest BCUT2D eigenvalue weighted by Gasteiger charge is -2.23. The second-order valence-corrected chi connectivity index (χ2v) is 4.94. The van der Waals surface area contributed by atoms with E-state index in [-0.39, 0.29) is 5.41 Å². The van der Waals surface area contributed by atoms with E-state index in [1.807, 2.05) is 26.1 Å². The van der Waals surface area contributed by atoms with E-state index in [1.165, 1.54) is 11.1 Å². The molecular weight excluding hydrogens is 194 g/mol. The quantitative estimate of drug-likeness (QED) is 0.624. The minimum Gasteiger partial charge on any atom is -0.288 e. The molecule has 0 aromatic rings. The molecule has 0 atom stereocenters. The fraction of sp³-hybridized carbons (Fsp3) is 0.400. The summed E-state index contributed by atoms with van der Waals surface area (Å²) in [6.07, 6.45) is 12.7. The topological polar surface area (TPSA) is 12.4 Å². The van der Waals surface area contributed by atoms with Crippen molar-refractivity contribution in [3.63, 3.8) is 0 Å². The predicted octanol–water partition coefficient (Wildman–Crippen LogP) is 4.10. The summed E-state index contributed by atoms with van der Waals surface area (Å²) >= 11 is 0. The molecule has 1 aliphatic rings. The van der Waals surface area contributed by atoms with E-state index < -0.39 is 0 Å². The molecule has 86 valence electrons. The molecule has 0 spiro atoms. The summed E-state index contributed by atoms with van der Waals surface area (Å²) in [5, 5.41) is 0. The van der Waals surface area contributed by atoms with E-state index in [4.69, 9.17) is 0 Å². The van der Waals surface area contributed by atoms with E-state index >= 15 is 0 Å². The summed E-state index contributed by atoms with van der Waals surface area (Å²) in [5.74, 6) is 0. The van der Waals surface area contributed by atoms with Crippen LogP contribution in [0.4, 0.5) is 0 Å². The molecular formula is C15H21N. The molecule has 0 bridgehead atoms. The zero-order valence-electron chi connectivity index (χ0n) is 10.9. The first kappa shape index (κ1) is 12.7. The van der Waals surface area contributed by atoms with Gasteiger partial charge >= 0.3 is 0 Å². The molecule has 16 heavy (non-hydrogen) atoms. The number of nitrogens with zero attached hydrogens (tertiary/aromatic N) is 1. The summed E-state index contributed by atoms with van der Waals surface area (Å²) in [6, 6.07) is 0. The molecule has 0 radical (unpaired) electrons. The van der Waals surface area contributed by atoms with Gasteiger partial charge in [-0.3, -0.25) is 4.99 Å². The van der Waals surface area contributed by atoms with Crippen LogP contribution in [0.25, 0.3) is 0 Å². The first-order valence-electron chi connectivity index (χ1n) is 5.69. The monoisotopic (exact) mass is 215 g/mol. The first-order valence-corrected chi connectivity index (χ1v) is 5.69. The Labute approximate surface area is 99.0 Å². The van der Waals surface area contributed by atoms with Crippen molar-refractivity contribution in [3.8, 4) is 0 Å². The van der Waals surface area contributed by atoms with Crippen LogP contribution >= 0.6 is 0 Å². The molecule has 1 aliphatic carbocycles. The minimum absolute atomic E-state index is 0.179. The third kappa shape index (κ3) is 3.06. The van der Waals surface area contributed by atoms with E-state index in [0.717, 1.165) is 5.71 Å². The molecule has 1 nitrogen and oxygen atoms in total. The Bertz CT molecular complexity index is 396. The number of hydrogen-bond donors (Lipinski definition) is 0. The average Bonchev–Trinajstić information content (AvgIpc) is 2.24. The lowest BCUT2D eigenvalue weighted by atomic mass is 9.82. The van der Waals surface area contributed by atoms with Crippen molar-refractivity contribution < 1.29 is 0 Å². The summed E-state index contributed by atoms with van der Waals surface area (Å²) in [5.41, 5.74) is 3.74. The SMILES string of the molecule is C/C=C\C=C1\C=CC(C(C)(C)C)=CC1=NC. The maximum Gasteiger partial charge on any atom is 0.0646 e. The van der Waals surface area contributed by atoms with Gasteiger partial charge in [-0.25, -0.2) is 0 Å². The van der Waals surface area contributed by atoms with Crippen LogP contribution in [0.15, 0.2) is 52.6 Å². The molecule has 0 N–H and O–H groups in total. The van der Waals surface area contributed by atoms with Crippen LogP contribution in [-0.2, 0) is 0 Å². The summed E-state index contributed by atoms with van der Waals surface area (Å²) < 4.78 is 0. The van der Waals surface area contributed by atoms with Crippen molar-refractivity contribution in [1.82, 2.24) is 0 Å². The molecule has 0 saturated carbocycles. The largest absolute Gasteiger partial charge is 0.288 e. The molecule has 1 rings (SSSR count). The van der Waals surface area contributed by atoms with Gasteiger partial charge in [0.15, 0.2) is 0 Å². The average molecular weight is 215 g/mol. The number of rotatable bonds is 1. The highest BCUT2D eigenvalue weighted by Gasteiger charge is 2.18. The summed E-state index contributed by atoms with van der Waals surface area (Å²) in [7, 11) is 1.84. The molecule has 0 aromatic heterocycles. The van der Waals surface area contributed by atoms with Gasteiger partial charge in [0, 0.05) is 7.05 Å². The number of hydrogen-bond acceptors (Lipinski definition) is 1. The molecule has 0 heterocycles. The molecule has 0 saturated heterocycles. The van der Waals surface area contributed by atoms with Crippen molar-refractivity contribution in [2.24, 2.45) is 10.4 Å². The molecule has 0 aliphatic heterocycles. The zero-order valence-corrected chi connectivity index (χ0v) is 10.9. The Morgan fingerprint density at radius 1 is 1.19 bits per heavy atom. The van der Waals surface area contributed by atoms with Gasteiger partial charge in [-0.1, -0.05) is 51.2 Å². The Morgan fingerprint density at radius 2 is 1.88 bits per heavy atom. The fourth-order valence-electron chi connectivity index (χ4n) is 1.54. The van der Waals surface area contributed by atoms with Gasteiger partial charge in [-0.2, -0.15) is 0 Å². The highest BCUT2D eigenvalue weighted by molar-refractivity contribution is 6.12. The second kappa shape index (κ2) is 5.11. The van der Waals surface area contributed by atoms with Crippen LogP contribution in [0, 0.1) is 5.41 Å². The van der Waals surface area contributed by atoms with Gasteiger partial charge in [0.1, 0.15) is 0 Å². The third-order valence-corrected chi connectivity index (χ3v) is 2.61. The Hall–Kier alpha value is -1.37. The van der Waals surface area contributed by atoms with E-state index in [1.54, 1.807) is 0 Å². The standard InChI is InChI=1S/C15H21N/c1-6-7-8-12-9-10-13(15(2,3)4)11-14(12)16-5/h6-11H,1-5H3/b7-6-,12-8-,16-14?. The highest BCUT2D eigenvalue weighted by Crippen LogP contribution is 2.29. The van der Waals surface area contributed by atoms with Crippen LogP contribution in [0.2, 0.25) is 0 Å². The maximum atomic E-state index is 4.33. The normalized spacial score (nSPS) is 22.2. The minimum atomic E-state index is 0.179. The van der Waals surface area contributed by atoms with Crippen molar-refractivity contribution in [1.29, 1.82) is 0 Å². The van der Waals surface area contributed by atoms with Crippen LogP contribution < -0.4 is 0 Å². The molecule has 0 unspecified atom stereocenters. The van der Waals surface area contributed by atoms with Gasteiger partial charge in [0.2, 0.25) is 0 Å². The van der Waals surface area contributed by atoms with Crippen LogP contribution in [0.5, 0.6) is 0 Å². The van der Waals surface area contributed by atoms with Crippen molar-refractivity contribution in [2.45, 2.75) is 27.7 Å². The summed E-state index contributed by atoms with van der Waals surface area (Å²) in [4.78, 5) is 4.33. The van der Waals surface area contributed by atoms with Gasteiger partial charge in [0.05, 0.1) is 5.71 Å². The Balaban J connectivity index is 3.07. The van der Waals surface area contributed by atoms with Gasteiger partial charge in [-0.15, -0.1) is 0 Å². The van der Waals surface area contributed by atoms with Gasteiger partial charge in [-0.05, 0) is 29.6 Å². The number of aliphatic imine (C=N–C) groups is 1. The first-order chi connectivity index (χ1) is 7.49. The van der Waals surface area contributed by atoms with Gasteiger partial charge < -0.3 is 0 Å². The van der Waals surface area contributed by atoms with E-state index in [2.05, 4.69) is 50.1 Å². The highest BCUT2D eigenvalue weighted by atomic mass is 14.7. The predicted molar refractivity (Wildman–Crippen MR) is 72.9 cm³/mol. The van der Waals surface area contributed by atoms with Crippen molar-refractivity contribution in [2.75, 3.05) is 7.05 Å². The smallest absolute Gasteiger partial charge is 0.0646 e. The van der Waals surface area contributed by atoms with E-state index in [0.29, 0.717) is 0 Å². The molecule has 0 fully saturated rings. The van der Waals surface area contributed by atoms with Gasteiger partial charge in [0.25, 0.3) is 0 Å². The zero-order chi connectivity index (χ0) is 12.2. The lowest BCUT2D eigenvalue weighted by molar-refractivity contribution is 0.517. The Kier molecular flexibility index (Phi) is 4.05. The molecule has 0 amide bonds. The summed E-state index contributed by atoms with van der Waals surface area (Å²) in [6.45, 7) is 8.67. The van der Waals surface area contributed by atoms with Crippen LogP contribution in [0.3, 0.4) is 0 Å². The third-order valence-electron chi connectivity index (χ3n) is 2.61. The molecule has 1 heteroatoms. The number of allylic oxidation sites excluding steroid dienone is 8. The van der Waals surface area contributed by atoms with Crippen LogP contribution in [0.1, 0.15) is 27.7 Å². The fourth-order valence-corrected chi connectivity index (χ4v) is 1.54. The second-order valence-electron chi connectivity index (χ2n) is 4.94. The van der Waals surface area contributed by atoms with Crippen molar-refractivity contribution >= 4 is 5.71 Å². The molecule has 0 aromatic carbocycles.